The predicted molar refractivity (Wildman–Crippen MR) is 59.0 cm³/mol. The van der Waals surface area contributed by atoms with Crippen molar-refractivity contribution in [3.05, 3.63) is 22.7 Å². The summed E-state index contributed by atoms with van der Waals surface area (Å²) in [6.07, 6.45) is 0. The maximum Gasteiger partial charge on any atom is 0.270 e. The van der Waals surface area contributed by atoms with Crippen LogP contribution >= 0.6 is 11.6 Å². The number of nitrogens with one attached hydrogen (secondary N) is 1. The van der Waals surface area contributed by atoms with Crippen molar-refractivity contribution < 1.29 is 4.79 Å². The lowest BCUT2D eigenvalue weighted by molar-refractivity contribution is 0.0914. The lowest BCUT2D eigenvalue weighted by Gasteiger charge is -2.20. The summed E-state index contributed by atoms with van der Waals surface area (Å²) in [5, 5.41) is 2.89. The molecule has 1 amide bonds. The van der Waals surface area contributed by atoms with Crippen LogP contribution in [0, 0.1) is 6.92 Å². The largest absolute Gasteiger partial charge is 0.346 e. The highest BCUT2D eigenvalue weighted by Gasteiger charge is 2.17. The van der Waals surface area contributed by atoms with Gasteiger partial charge in [0.2, 0.25) is 5.28 Å². The van der Waals surface area contributed by atoms with Gasteiger partial charge in [0.1, 0.15) is 5.69 Å². The predicted octanol–water partition coefficient (Wildman–Crippen LogP) is 1.97. The molecule has 0 aromatic carbocycles. The number of hydrogen-bond acceptors (Lipinski definition) is 3. The van der Waals surface area contributed by atoms with Crippen LogP contribution in [-0.4, -0.2) is 21.4 Å². The Kier molecular flexibility index (Phi) is 3.29. The summed E-state index contributed by atoms with van der Waals surface area (Å²) < 4.78 is 0. The summed E-state index contributed by atoms with van der Waals surface area (Å²) in [7, 11) is 0. The summed E-state index contributed by atoms with van der Waals surface area (Å²) >= 11 is 5.66. The van der Waals surface area contributed by atoms with Gasteiger partial charge in [-0.1, -0.05) is 0 Å². The van der Waals surface area contributed by atoms with Crippen LogP contribution in [0.3, 0.4) is 0 Å². The summed E-state index contributed by atoms with van der Waals surface area (Å²) in [5.41, 5.74) is 0.680. The van der Waals surface area contributed by atoms with Crippen LogP contribution < -0.4 is 5.32 Å². The molecule has 0 fully saturated rings. The number of carbonyl (C=O) groups excluding carboxylic acids is 1. The second kappa shape index (κ2) is 4.14. The Balaban J connectivity index is 2.92. The fourth-order valence-electron chi connectivity index (χ4n) is 1.05. The number of carbonyl (C=O) groups is 1. The second-order valence-electron chi connectivity index (χ2n) is 4.37. The van der Waals surface area contributed by atoms with Crippen molar-refractivity contribution in [3.8, 4) is 0 Å². The van der Waals surface area contributed by atoms with Gasteiger partial charge in [0.15, 0.2) is 0 Å². The van der Waals surface area contributed by atoms with Crippen LogP contribution in [0.5, 0.6) is 0 Å². The first-order valence-corrected chi connectivity index (χ1v) is 4.99. The van der Waals surface area contributed by atoms with Crippen LogP contribution in [0.25, 0.3) is 0 Å². The Morgan fingerprint density at radius 2 is 2.00 bits per heavy atom. The molecule has 0 unspecified atom stereocenters. The molecule has 1 heterocycles. The molecule has 0 spiro atoms. The molecule has 15 heavy (non-hydrogen) atoms. The zero-order chi connectivity index (χ0) is 11.6. The third-order valence-corrected chi connectivity index (χ3v) is 1.72. The lowest BCUT2D eigenvalue weighted by atomic mass is 10.1. The number of halogens is 1. The molecule has 1 aromatic rings. The molecule has 0 aliphatic heterocycles. The molecule has 5 heteroatoms. The zero-order valence-electron chi connectivity index (χ0n) is 9.26. The highest BCUT2D eigenvalue weighted by molar-refractivity contribution is 6.28. The molecule has 0 aliphatic rings. The average molecular weight is 228 g/mol. The van der Waals surface area contributed by atoms with Gasteiger partial charge in [0.25, 0.3) is 5.91 Å². The molecule has 4 nitrogen and oxygen atoms in total. The Bertz CT molecular complexity index is 364. The lowest BCUT2D eigenvalue weighted by Crippen LogP contribution is -2.41. The fraction of sp³-hybridized carbons (Fsp3) is 0.500. The number of nitrogens with zero attached hydrogens (tertiary/aromatic N) is 2. The van der Waals surface area contributed by atoms with Gasteiger partial charge in [-0.2, -0.15) is 0 Å². The summed E-state index contributed by atoms with van der Waals surface area (Å²) in [6, 6.07) is 1.60. The van der Waals surface area contributed by atoms with Crippen LogP contribution in [-0.2, 0) is 0 Å². The molecule has 1 aromatic heterocycles. The van der Waals surface area contributed by atoms with Crippen LogP contribution in [0.1, 0.15) is 37.0 Å². The van der Waals surface area contributed by atoms with Crippen molar-refractivity contribution in [2.75, 3.05) is 0 Å². The Morgan fingerprint density at radius 3 is 2.47 bits per heavy atom. The molecule has 1 N–H and O–H groups in total. The maximum atomic E-state index is 11.7. The average Bonchev–Trinajstić information content (AvgIpc) is 1.98. The van der Waals surface area contributed by atoms with Crippen molar-refractivity contribution in [1.29, 1.82) is 0 Å². The van der Waals surface area contributed by atoms with Gasteiger partial charge in [0.05, 0.1) is 0 Å². The SMILES string of the molecule is Cc1cc(C(=O)NC(C)(C)C)nc(Cl)n1. The van der Waals surface area contributed by atoms with Crippen molar-refractivity contribution in [2.45, 2.75) is 33.2 Å². The first kappa shape index (κ1) is 11.9. The zero-order valence-corrected chi connectivity index (χ0v) is 10.0. The molecule has 0 saturated heterocycles. The molecular formula is C10H14ClN3O. The minimum Gasteiger partial charge on any atom is -0.346 e. The van der Waals surface area contributed by atoms with E-state index in [-0.39, 0.29) is 16.7 Å². The molecule has 82 valence electrons. The smallest absolute Gasteiger partial charge is 0.270 e. The monoisotopic (exact) mass is 227 g/mol. The first-order valence-electron chi connectivity index (χ1n) is 4.61. The molecule has 0 bridgehead atoms. The van der Waals surface area contributed by atoms with Gasteiger partial charge >= 0.3 is 0 Å². The van der Waals surface area contributed by atoms with Gasteiger partial charge in [-0.05, 0) is 45.4 Å². The van der Waals surface area contributed by atoms with Crippen molar-refractivity contribution in [2.24, 2.45) is 0 Å². The summed E-state index contributed by atoms with van der Waals surface area (Å²) in [5.74, 6) is -0.241. The van der Waals surface area contributed by atoms with E-state index in [1.54, 1.807) is 13.0 Å². The van der Waals surface area contributed by atoms with E-state index in [1.807, 2.05) is 20.8 Å². The van der Waals surface area contributed by atoms with Gasteiger partial charge in [-0.3, -0.25) is 4.79 Å². The Labute approximate surface area is 94.1 Å². The molecular weight excluding hydrogens is 214 g/mol. The Morgan fingerprint density at radius 1 is 1.40 bits per heavy atom. The van der Waals surface area contributed by atoms with E-state index in [9.17, 15) is 4.79 Å². The minimum atomic E-state index is -0.289. The van der Waals surface area contributed by atoms with Crippen LogP contribution in [0.15, 0.2) is 6.07 Å². The standard InChI is InChI=1S/C10H14ClN3O/c1-6-5-7(13-9(11)12-6)8(15)14-10(2,3)4/h5H,1-4H3,(H,14,15). The van der Waals surface area contributed by atoms with Crippen LogP contribution in [0.4, 0.5) is 0 Å². The van der Waals surface area contributed by atoms with E-state index < -0.39 is 0 Å². The molecule has 0 saturated carbocycles. The molecule has 0 atom stereocenters. The summed E-state index contributed by atoms with van der Waals surface area (Å²) in [6.45, 7) is 7.48. The second-order valence-corrected chi connectivity index (χ2v) is 4.71. The number of amides is 1. The van der Waals surface area contributed by atoms with E-state index in [4.69, 9.17) is 11.6 Å². The number of hydrogen-bond donors (Lipinski definition) is 1. The quantitative estimate of drug-likeness (QED) is 0.747. The van der Waals surface area contributed by atoms with Crippen LogP contribution in [0.2, 0.25) is 5.28 Å². The topological polar surface area (TPSA) is 54.9 Å². The third-order valence-electron chi connectivity index (χ3n) is 1.55. The van der Waals surface area contributed by atoms with E-state index in [1.165, 1.54) is 0 Å². The normalized spacial score (nSPS) is 11.3. The van der Waals surface area contributed by atoms with Gasteiger partial charge in [0, 0.05) is 11.2 Å². The van der Waals surface area contributed by atoms with Crippen molar-refractivity contribution >= 4 is 17.5 Å². The molecule has 1 rings (SSSR count). The summed E-state index contributed by atoms with van der Waals surface area (Å²) in [4.78, 5) is 19.5. The van der Waals surface area contributed by atoms with Gasteiger partial charge < -0.3 is 5.32 Å². The van der Waals surface area contributed by atoms with E-state index in [0.717, 1.165) is 0 Å². The number of aryl methyl sites for hydroxylation is 1. The van der Waals surface area contributed by atoms with Gasteiger partial charge in [-0.15, -0.1) is 0 Å². The van der Waals surface area contributed by atoms with Crippen molar-refractivity contribution in [3.63, 3.8) is 0 Å². The third kappa shape index (κ3) is 3.83. The fourth-order valence-corrected chi connectivity index (χ4v) is 1.28. The van der Waals surface area contributed by atoms with E-state index in [0.29, 0.717) is 11.4 Å². The van der Waals surface area contributed by atoms with E-state index in [2.05, 4.69) is 15.3 Å². The van der Waals surface area contributed by atoms with Gasteiger partial charge in [-0.25, -0.2) is 9.97 Å². The minimum absolute atomic E-state index is 0.0917. The Hall–Kier alpha value is -1.16. The molecule has 0 radical (unpaired) electrons. The highest BCUT2D eigenvalue weighted by atomic mass is 35.5. The van der Waals surface area contributed by atoms with E-state index >= 15 is 0 Å². The number of aromatic nitrogens is 2. The van der Waals surface area contributed by atoms with Crippen molar-refractivity contribution in [1.82, 2.24) is 15.3 Å². The first-order chi connectivity index (χ1) is 6.78. The maximum absolute atomic E-state index is 11.7. The molecule has 0 aliphatic carbocycles. The highest BCUT2D eigenvalue weighted by Crippen LogP contribution is 2.07. The number of rotatable bonds is 1.